The Hall–Kier alpha value is -1.11. The molecule has 1 aromatic carbocycles. The lowest BCUT2D eigenvalue weighted by Gasteiger charge is -2.18. The molecule has 1 unspecified atom stereocenters. The summed E-state index contributed by atoms with van der Waals surface area (Å²) in [7, 11) is 0. The average Bonchev–Trinajstić information content (AvgIpc) is 2.41. The van der Waals surface area contributed by atoms with Crippen molar-refractivity contribution in [2.75, 3.05) is 0 Å². The first kappa shape index (κ1) is 17.9. The third-order valence-electron chi connectivity index (χ3n) is 3.29. The van der Waals surface area contributed by atoms with Gasteiger partial charge in [0.05, 0.1) is 0 Å². The average molecular weight is 262 g/mol. The molecule has 1 aromatic rings. The summed E-state index contributed by atoms with van der Waals surface area (Å²) in [5.74, 6) is 0.324. The van der Waals surface area contributed by atoms with Crippen LogP contribution in [0.2, 0.25) is 0 Å². The number of carbonyl (C=O) groups excluding carboxylic acids is 1. The van der Waals surface area contributed by atoms with Crippen LogP contribution in [0.15, 0.2) is 30.3 Å². The van der Waals surface area contributed by atoms with Crippen LogP contribution in [0, 0.1) is 5.92 Å². The van der Waals surface area contributed by atoms with Crippen molar-refractivity contribution in [1.82, 2.24) is 0 Å². The minimum atomic E-state index is 0.293. The molecule has 0 aliphatic heterocycles. The maximum absolute atomic E-state index is 10.2. The maximum atomic E-state index is 10.2. The van der Waals surface area contributed by atoms with Crippen molar-refractivity contribution >= 4 is 6.29 Å². The zero-order valence-corrected chi connectivity index (χ0v) is 13.3. The normalized spacial score (nSPS) is 12.3. The third kappa shape index (κ3) is 8.58. The van der Waals surface area contributed by atoms with E-state index in [4.69, 9.17) is 0 Å². The molecule has 0 saturated heterocycles. The fourth-order valence-corrected chi connectivity index (χ4v) is 1.77. The van der Waals surface area contributed by atoms with Gasteiger partial charge in [0, 0.05) is 5.92 Å². The molecule has 0 fully saturated rings. The van der Waals surface area contributed by atoms with E-state index in [1.165, 1.54) is 18.4 Å². The zero-order valence-electron chi connectivity index (χ0n) is 13.3. The molecule has 0 amide bonds. The largest absolute Gasteiger partial charge is 0.303 e. The summed E-state index contributed by atoms with van der Waals surface area (Å²) < 4.78 is 0. The third-order valence-corrected chi connectivity index (χ3v) is 3.29. The van der Waals surface area contributed by atoms with Gasteiger partial charge in [0.15, 0.2) is 0 Å². The van der Waals surface area contributed by atoms with Crippen molar-refractivity contribution < 1.29 is 4.79 Å². The predicted molar refractivity (Wildman–Crippen MR) is 84.5 cm³/mol. The summed E-state index contributed by atoms with van der Waals surface area (Å²) in [5.41, 5.74) is 1.69. The smallest absolute Gasteiger partial charge is 0.123 e. The van der Waals surface area contributed by atoms with E-state index in [1.807, 2.05) is 0 Å². The van der Waals surface area contributed by atoms with Crippen LogP contribution >= 0.6 is 0 Å². The van der Waals surface area contributed by atoms with Gasteiger partial charge in [-0.05, 0) is 23.8 Å². The van der Waals surface area contributed by atoms with Gasteiger partial charge >= 0.3 is 0 Å². The number of hydrogen-bond acceptors (Lipinski definition) is 1. The SMILES string of the molecule is CC(C)(C)c1ccccc1.CCCCC(C=O)CC. The van der Waals surface area contributed by atoms with Gasteiger partial charge in [0.1, 0.15) is 6.29 Å². The van der Waals surface area contributed by atoms with E-state index in [0.717, 1.165) is 19.1 Å². The van der Waals surface area contributed by atoms with E-state index in [0.29, 0.717) is 11.3 Å². The molecule has 1 atom stereocenters. The first-order valence-corrected chi connectivity index (χ1v) is 7.46. The van der Waals surface area contributed by atoms with Crippen molar-refractivity contribution in [1.29, 1.82) is 0 Å². The molecule has 0 radical (unpaired) electrons. The van der Waals surface area contributed by atoms with Crippen molar-refractivity contribution in [3.63, 3.8) is 0 Å². The summed E-state index contributed by atoms with van der Waals surface area (Å²) in [5, 5.41) is 0. The first-order chi connectivity index (χ1) is 8.95. The summed E-state index contributed by atoms with van der Waals surface area (Å²) in [6.07, 6.45) is 5.55. The topological polar surface area (TPSA) is 17.1 Å². The van der Waals surface area contributed by atoms with E-state index >= 15 is 0 Å². The van der Waals surface area contributed by atoms with Crippen LogP contribution in [0.5, 0.6) is 0 Å². The molecular weight excluding hydrogens is 232 g/mol. The summed E-state index contributed by atoms with van der Waals surface area (Å²) in [4.78, 5) is 10.2. The molecule has 0 heterocycles. The Morgan fingerprint density at radius 3 is 2.00 bits per heavy atom. The Morgan fingerprint density at radius 1 is 1.11 bits per heavy atom. The van der Waals surface area contributed by atoms with Gasteiger partial charge < -0.3 is 4.79 Å². The van der Waals surface area contributed by atoms with E-state index < -0.39 is 0 Å². The molecule has 1 heteroatoms. The van der Waals surface area contributed by atoms with E-state index in [-0.39, 0.29) is 0 Å². The van der Waals surface area contributed by atoms with E-state index in [2.05, 4.69) is 65.0 Å². The second-order valence-corrected chi connectivity index (χ2v) is 6.06. The Kier molecular flexibility index (Phi) is 9.20. The Bertz CT molecular complexity index is 321. The predicted octanol–water partition coefficient (Wildman–Crippen LogP) is 5.39. The molecule has 108 valence electrons. The van der Waals surface area contributed by atoms with Gasteiger partial charge in [-0.2, -0.15) is 0 Å². The number of aldehydes is 1. The Morgan fingerprint density at radius 2 is 1.68 bits per heavy atom. The van der Waals surface area contributed by atoms with Crippen molar-refractivity contribution in [3.8, 4) is 0 Å². The first-order valence-electron chi connectivity index (χ1n) is 7.46. The second-order valence-electron chi connectivity index (χ2n) is 6.06. The highest BCUT2D eigenvalue weighted by atomic mass is 16.1. The highest BCUT2D eigenvalue weighted by molar-refractivity contribution is 5.53. The fourth-order valence-electron chi connectivity index (χ4n) is 1.77. The van der Waals surface area contributed by atoms with Gasteiger partial charge in [-0.25, -0.2) is 0 Å². The van der Waals surface area contributed by atoms with E-state index in [9.17, 15) is 4.79 Å². The molecule has 0 aliphatic carbocycles. The molecule has 0 saturated carbocycles. The number of unbranched alkanes of at least 4 members (excludes halogenated alkanes) is 1. The van der Waals surface area contributed by atoms with Gasteiger partial charge in [0.2, 0.25) is 0 Å². The molecule has 0 aliphatic rings. The number of carbonyl (C=O) groups is 1. The van der Waals surface area contributed by atoms with Crippen molar-refractivity contribution in [2.24, 2.45) is 5.92 Å². The minimum absolute atomic E-state index is 0.293. The Balaban J connectivity index is 0.000000344. The minimum Gasteiger partial charge on any atom is -0.303 e. The van der Waals surface area contributed by atoms with Crippen molar-refractivity contribution in [2.45, 2.75) is 65.7 Å². The lowest BCUT2D eigenvalue weighted by molar-refractivity contribution is -0.111. The maximum Gasteiger partial charge on any atom is 0.123 e. The van der Waals surface area contributed by atoms with Crippen LogP contribution < -0.4 is 0 Å². The summed E-state index contributed by atoms with van der Waals surface area (Å²) in [6, 6.07) is 10.6. The molecule has 0 bridgehead atoms. The molecule has 0 spiro atoms. The Labute approximate surface area is 119 Å². The lowest BCUT2D eigenvalue weighted by atomic mass is 9.87. The zero-order chi connectivity index (χ0) is 14.7. The molecule has 1 rings (SSSR count). The van der Waals surface area contributed by atoms with Gasteiger partial charge in [-0.3, -0.25) is 0 Å². The van der Waals surface area contributed by atoms with Gasteiger partial charge in [-0.1, -0.05) is 77.8 Å². The summed E-state index contributed by atoms with van der Waals surface area (Å²) in [6.45, 7) is 10.9. The highest BCUT2D eigenvalue weighted by Gasteiger charge is 2.11. The molecule has 0 N–H and O–H groups in total. The summed E-state index contributed by atoms with van der Waals surface area (Å²) >= 11 is 0. The highest BCUT2D eigenvalue weighted by Crippen LogP contribution is 2.20. The number of rotatable bonds is 5. The molecule has 1 nitrogen and oxygen atoms in total. The molecular formula is C18H30O. The number of benzene rings is 1. The van der Waals surface area contributed by atoms with Crippen LogP contribution in [-0.4, -0.2) is 6.29 Å². The van der Waals surface area contributed by atoms with Crippen molar-refractivity contribution in [3.05, 3.63) is 35.9 Å². The fraction of sp³-hybridized carbons (Fsp3) is 0.611. The van der Waals surface area contributed by atoms with Gasteiger partial charge in [0.25, 0.3) is 0 Å². The van der Waals surface area contributed by atoms with Crippen LogP contribution in [0.25, 0.3) is 0 Å². The molecule has 19 heavy (non-hydrogen) atoms. The van der Waals surface area contributed by atoms with Crippen LogP contribution in [0.4, 0.5) is 0 Å². The van der Waals surface area contributed by atoms with Crippen LogP contribution in [0.3, 0.4) is 0 Å². The van der Waals surface area contributed by atoms with Crippen LogP contribution in [-0.2, 0) is 10.2 Å². The lowest BCUT2D eigenvalue weighted by Crippen LogP contribution is -2.10. The second kappa shape index (κ2) is 9.77. The van der Waals surface area contributed by atoms with E-state index in [1.54, 1.807) is 0 Å². The number of hydrogen-bond donors (Lipinski definition) is 0. The molecule has 0 aromatic heterocycles. The quantitative estimate of drug-likeness (QED) is 0.650. The van der Waals surface area contributed by atoms with Crippen LogP contribution in [0.1, 0.15) is 65.9 Å². The standard InChI is InChI=1S/C10H14.C8H16O/c1-10(2,3)9-7-5-4-6-8-9;1-3-5-6-8(4-2)7-9/h4-8H,1-3H3;7-8H,3-6H2,1-2H3. The van der Waals surface area contributed by atoms with Gasteiger partial charge in [-0.15, -0.1) is 0 Å². The monoisotopic (exact) mass is 262 g/mol.